The largest absolute Gasteiger partial charge is 0.497 e. The van der Waals surface area contributed by atoms with Crippen LogP contribution in [0.2, 0.25) is 0 Å². The zero-order valence-electron chi connectivity index (χ0n) is 10.7. The summed E-state index contributed by atoms with van der Waals surface area (Å²) < 4.78 is 5.16. The smallest absolute Gasteiger partial charge is 0.240 e. The first kappa shape index (κ1) is 12.9. The maximum absolute atomic E-state index is 11.8. The molecule has 0 unspecified atom stereocenters. The summed E-state index contributed by atoms with van der Waals surface area (Å²) in [4.78, 5) is 11.8. The van der Waals surface area contributed by atoms with Gasteiger partial charge in [-0.15, -0.1) is 0 Å². The van der Waals surface area contributed by atoms with Crippen LogP contribution >= 0.6 is 0 Å². The number of rotatable bonds is 5. The zero-order chi connectivity index (χ0) is 13.0. The molecule has 1 amide bonds. The van der Waals surface area contributed by atoms with Crippen LogP contribution in [0.1, 0.15) is 24.8 Å². The standard InChI is InChI=1S/C14H20N2O2/c1-18-12-5-2-4-11(10-12)6-9-16-13(17)14(15)7-3-8-14/h2,4-5,10H,3,6-9,15H2,1H3,(H,16,17). The van der Waals surface area contributed by atoms with E-state index in [1.807, 2.05) is 24.3 Å². The lowest BCUT2D eigenvalue weighted by Crippen LogP contribution is -2.58. The SMILES string of the molecule is COc1cccc(CCNC(=O)C2(N)CCC2)c1. The highest BCUT2D eigenvalue weighted by atomic mass is 16.5. The van der Waals surface area contributed by atoms with Crippen molar-refractivity contribution in [2.75, 3.05) is 13.7 Å². The van der Waals surface area contributed by atoms with E-state index in [9.17, 15) is 4.79 Å². The topological polar surface area (TPSA) is 64.3 Å². The number of hydrogen-bond donors (Lipinski definition) is 2. The summed E-state index contributed by atoms with van der Waals surface area (Å²) in [6, 6.07) is 7.86. The van der Waals surface area contributed by atoms with Crippen LogP contribution in [0, 0.1) is 0 Å². The normalized spacial score (nSPS) is 16.8. The third-order valence-corrected chi connectivity index (χ3v) is 3.53. The van der Waals surface area contributed by atoms with Crippen LogP contribution in [0.4, 0.5) is 0 Å². The average molecular weight is 248 g/mol. The highest BCUT2D eigenvalue weighted by Gasteiger charge is 2.39. The van der Waals surface area contributed by atoms with E-state index in [2.05, 4.69) is 5.32 Å². The maximum Gasteiger partial charge on any atom is 0.240 e. The summed E-state index contributed by atoms with van der Waals surface area (Å²) in [6.07, 6.45) is 3.45. The van der Waals surface area contributed by atoms with Gasteiger partial charge in [0.15, 0.2) is 0 Å². The molecule has 18 heavy (non-hydrogen) atoms. The molecule has 0 heterocycles. The van der Waals surface area contributed by atoms with E-state index in [4.69, 9.17) is 10.5 Å². The van der Waals surface area contributed by atoms with Gasteiger partial charge in [-0.3, -0.25) is 4.79 Å². The Bertz CT molecular complexity index is 428. The molecule has 3 N–H and O–H groups in total. The van der Waals surface area contributed by atoms with Crippen LogP contribution in [0.5, 0.6) is 5.75 Å². The predicted molar refractivity (Wildman–Crippen MR) is 70.5 cm³/mol. The maximum atomic E-state index is 11.8. The molecule has 98 valence electrons. The predicted octanol–water partition coefficient (Wildman–Crippen LogP) is 1.24. The van der Waals surface area contributed by atoms with Gasteiger partial charge in [-0.05, 0) is 43.4 Å². The molecule has 1 aliphatic rings. The number of nitrogens with one attached hydrogen (secondary N) is 1. The summed E-state index contributed by atoms with van der Waals surface area (Å²) >= 11 is 0. The van der Waals surface area contributed by atoms with Crippen molar-refractivity contribution in [1.82, 2.24) is 5.32 Å². The van der Waals surface area contributed by atoms with Crippen molar-refractivity contribution in [1.29, 1.82) is 0 Å². The average Bonchev–Trinajstić information content (AvgIpc) is 2.36. The van der Waals surface area contributed by atoms with Gasteiger partial charge in [0.05, 0.1) is 12.6 Å². The van der Waals surface area contributed by atoms with Crippen LogP contribution in [0.3, 0.4) is 0 Å². The molecule has 0 aromatic heterocycles. The van der Waals surface area contributed by atoms with Crippen molar-refractivity contribution in [3.05, 3.63) is 29.8 Å². The zero-order valence-corrected chi connectivity index (χ0v) is 10.7. The Labute approximate surface area is 108 Å². The number of carbonyl (C=O) groups is 1. The molecule has 4 nitrogen and oxygen atoms in total. The third kappa shape index (κ3) is 2.82. The molecule has 2 rings (SSSR count). The summed E-state index contributed by atoms with van der Waals surface area (Å²) in [7, 11) is 1.65. The van der Waals surface area contributed by atoms with Crippen LogP contribution < -0.4 is 15.8 Å². The van der Waals surface area contributed by atoms with Crippen LogP contribution in [-0.4, -0.2) is 25.1 Å². The van der Waals surface area contributed by atoms with Crippen molar-refractivity contribution in [2.24, 2.45) is 5.73 Å². The van der Waals surface area contributed by atoms with Crippen molar-refractivity contribution in [3.8, 4) is 5.75 Å². The van der Waals surface area contributed by atoms with E-state index < -0.39 is 5.54 Å². The lowest BCUT2D eigenvalue weighted by Gasteiger charge is -2.36. The van der Waals surface area contributed by atoms with Gasteiger partial charge in [-0.1, -0.05) is 12.1 Å². The summed E-state index contributed by atoms with van der Waals surface area (Å²) in [6.45, 7) is 0.616. The molecule has 0 bridgehead atoms. The second-order valence-electron chi connectivity index (χ2n) is 4.87. The Morgan fingerprint density at radius 2 is 2.28 bits per heavy atom. The summed E-state index contributed by atoms with van der Waals surface area (Å²) in [5, 5.41) is 2.91. The van der Waals surface area contributed by atoms with Gasteiger partial charge in [0, 0.05) is 6.54 Å². The molecular formula is C14H20N2O2. The number of amides is 1. The molecule has 4 heteroatoms. The third-order valence-electron chi connectivity index (χ3n) is 3.53. The molecule has 0 spiro atoms. The number of hydrogen-bond acceptors (Lipinski definition) is 3. The van der Waals surface area contributed by atoms with Gasteiger partial charge in [0.1, 0.15) is 5.75 Å². The molecule has 0 saturated heterocycles. The lowest BCUT2D eigenvalue weighted by atomic mass is 9.77. The van der Waals surface area contributed by atoms with Crippen LogP contribution in [0.25, 0.3) is 0 Å². The fourth-order valence-electron chi connectivity index (χ4n) is 2.11. The Balaban J connectivity index is 1.79. The second-order valence-corrected chi connectivity index (χ2v) is 4.87. The molecule has 1 aromatic carbocycles. The fraction of sp³-hybridized carbons (Fsp3) is 0.500. The van der Waals surface area contributed by atoms with Crippen LogP contribution in [-0.2, 0) is 11.2 Å². The van der Waals surface area contributed by atoms with Gasteiger partial charge in [0.2, 0.25) is 5.91 Å². The van der Waals surface area contributed by atoms with Gasteiger partial charge >= 0.3 is 0 Å². The van der Waals surface area contributed by atoms with E-state index in [1.165, 1.54) is 0 Å². The number of ether oxygens (including phenoxy) is 1. The molecule has 0 radical (unpaired) electrons. The van der Waals surface area contributed by atoms with E-state index in [1.54, 1.807) is 7.11 Å². The number of methoxy groups -OCH3 is 1. The summed E-state index contributed by atoms with van der Waals surface area (Å²) in [5.41, 5.74) is 6.48. The highest BCUT2D eigenvalue weighted by Crippen LogP contribution is 2.28. The quantitative estimate of drug-likeness (QED) is 0.824. The van der Waals surface area contributed by atoms with Crippen molar-refractivity contribution >= 4 is 5.91 Å². The number of nitrogens with two attached hydrogens (primary N) is 1. The first-order chi connectivity index (χ1) is 8.64. The minimum Gasteiger partial charge on any atom is -0.497 e. The van der Waals surface area contributed by atoms with Gasteiger partial charge < -0.3 is 15.8 Å². The summed E-state index contributed by atoms with van der Waals surface area (Å²) in [5.74, 6) is 0.824. The molecule has 1 aliphatic carbocycles. The Kier molecular flexibility index (Phi) is 3.87. The molecule has 1 saturated carbocycles. The van der Waals surface area contributed by atoms with Gasteiger partial charge in [0.25, 0.3) is 0 Å². The minimum absolute atomic E-state index is 0.0170. The van der Waals surface area contributed by atoms with Crippen molar-refractivity contribution < 1.29 is 9.53 Å². The number of benzene rings is 1. The van der Waals surface area contributed by atoms with E-state index in [0.29, 0.717) is 6.54 Å². The fourth-order valence-corrected chi connectivity index (χ4v) is 2.11. The Morgan fingerprint density at radius 1 is 1.50 bits per heavy atom. The lowest BCUT2D eigenvalue weighted by molar-refractivity contribution is -0.129. The Hall–Kier alpha value is -1.55. The molecule has 0 aliphatic heterocycles. The molecule has 1 fully saturated rings. The van der Waals surface area contributed by atoms with Crippen molar-refractivity contribution in [3.63, 3.8) is 0 Å². The van der Waals surface area contributed by atoms with E-state index in [0.717, 1.165) is 37.0 Å². The van der Waals surface area contributed by atoms with Gasteiger partial charge in [-0.2, -0.15) is 0 Å². The van der Waals surface area contributed by atoms with Gasteiger partial charge in [-0.25, -0.2) is 0 Å². The minimum atomic E-state index is -0.603. The highest BCUT2D eigenvalue weighted by molar-refractivity contribution is 5.86. The first-order valence-corrected chi connectivity index (χ1v) is 6.34. The first-order valence-electron chi connectivity index (χ1n) is 6.34. The van der Waals surface area contributed by atoms with E-state index >= 15 is 0 Å². The van der Waals surface area contributed by atoms with Crippen molar-refractivity contribution in [2.45, 2.75) is 31.2 Å². The molecular weight excluding hydrogens is 228 g/mol. The Morgan fingerprint density at radius 3 is 2.89 bits per heavy atom. The number of carbonyl (C=O) groups excluding carboxylic acids is 1. The van der Waals surface area contributed by atoms with Crippen LogP contribution in [0.15, 0.2) is 24.3 Å². The van der Waals surface area contributed by atoms with E-state index in [-0.39, 0.29) is 5.91 Å². The second kappa shape index (κ2) is 5.40. The monoisotopic (exact) mass is 248 g/mol. The molecule has 1 aromatic rings. The molecule has 0 atom stereocenters.